The molecule has 1 aromatic heterocycles. The summed E-state index contributed by atoms with van der Waals surface area (Å²) >= 11 is 0. The fraction of sp³-hybridized carbons (Fsp3) is 0.333. The Kier molecular flexibility index (Phi) is 5.31. The van der Waals surface area contributed by atoms with Crippen LogP contribution in [0.5, 0.6) is 5.75 Å². The van der Waals surface area contributed by atoms with Crippen molar-refractivity contribution in [1.29, 1.82) is 0 Å². The van der Waals surface area contributed by atoms with Gasteiger partial charge in [-0.25, -0.2) is 9.37 Å². The van der Waals surface area contributed by atoms with E-state index >= 15 is 0 Å². The highest BCUT2D eigenvalue weighted by Crippen LogP contribution is 2.21. The van der Waals surface area contributed by atoms with Crippen molar-refractivity contribution in [3.8, 4) is 5.75 Å². The Bertz CT molecular complexity index is 574. The largest absolute Gasteiger partial charge is 0.494 e. The molecule has 21 heavy (non-hydrogen) atoms. The molecule has 6 heteroatoms. The third kappa shape index (κ3) is 4.30. The van der Waals surface area contributed by atoms with Gasteiger partial charge >= 0.3 is 0 Å². The van der Waals surface area contributed by atoms with E-state index in [9.17, 15) is 4.39 Å². The van der Waals surface area contributed by atoms with Gasteiger partial charge in [0.1, 0.15) is 5.75 Å². The Hall–Kier alpha value is -2.37. The molecule has 1 heterocycles. The molecule has 0 fully saturated rings. The van der Waals surface area contributed by atoms with E-state index in [1.807, 2.05) is 31.2 Å². The van der Waals surface area contributed by atoms with Gasteiger partial charge in [-0.1, -0.05) is 6.92 Å². The van der Waals surface area contributed by atoms with Crippen molar-refractivity contribution < 1.29 is 9.13 Å². The van der Waals surface area contributed by atoms with E-state index in [1.165, 1.54) is 0 Å². The second kappa shape index (κ2) is 7.42. The number of nitrogens with zero attached hydrogens (tertiary/aromatic N) is 2. The van der Waals surface area contributed by atoms with Crippen molar-refractivity contribution in [3.63, 3.8) is 0 Å². The van der Waals surface area contributed by atoms with Crippen LogP contribution in [0.2, 0.25) is 0 Å². The number of hydrogen-bond acceptors (Lipinski definition) is 5. The SMILES string of the molecule is CCCOc1ccc(Nc2nc(NCC)ncc2F)cc1. The molecule has 0 aliphatic heterocycles. The zero-order valence-electron chi connectivity index (χ0n) is 12.2. The number of benzene rings is 1. The number of halogens is 1. The van der Waals surface area contributed by atoms with E-state index in [4.69, 9.17) is 4.74 Å². The van der Waals surface area contributed by atoms with Crippen molar-refractivity contribution in [1.82, 2.24) is 9.97 Å². The summed E-state index contributed by atoms with van der Waals surface area (Å²) in [6.07, 6.45) is 2.10. The Morgan fingerprint density at radius 1 is 1.19 bits per heavy atom. The minimum Gasteiger partial charge on any atom is -0.494 e. The molecule has 0 aliphatic rings. The minimum absolute atomic E-state index is 0.142. The quantitative estimate of drug-likeness (QED) is 0.816. The number of aromatic nitrogens is 2. The molecule has 0 amide bonds. The van der Waals surface area contributed by atoms with Gasteiger partial charge in [0.25, 0.3) is 0 Å². The van der Waals surface area contributed by atoms with Crippen molar-refractivity contribution in [2.75, 3.05) is 23.8 Å². The van der Waals surface area contributed by atoms with Gasteiger partial charge in [-0.15, -0.1) is 0 Å². The molecule has 0 spiro atoms. The molecule has 112 valence electrons. The van der Waals surface area contributed by atoms with E-state index < -0.39 is 5.82 Å². The maximum Gasteiger partial charge on any atom is 0.224 e. The molecular weight excluding hydrogens is 271 g/mol. The minimum atomic E-state index is -0.497. The van der Waals surface area contributed by atoms with Gasteiger partial charge in [-0.2, -0.15) is 4.98 Å². The van der Waals surface area contributed by atoms with Crippen LogP contribution >= 0.6 is 0 Å². The zero-order valence-corrected chi connectivity index (χ0v) is 12.2. The number of anilines is 3. The molecule has 0 saturated heterocycles. The number of hydrogen-bond donors (Lipinski definition) is 2. The van der Waals surface area contributed by atoms with Gasteiger partial charge in [-0.3, -0.25) is 0 Å². The van der Waals surface area contributed by atoms with Crippen molar-refractivity contribution in [3.05, 3.63) is 36.3 Å². The lowest BCUT2D eigenvalue weighted by atomic mass is 10.3. The van der Waals surface area contributed by atoms with Crippen LogP contribution in [-0.2, 0) is 0 Å². The van der Waals surface area contributed by atoms with Gasteiger partial charge in [0.15, 0.2) is 11.6 Å². The Morgan fingerprint density at radius 3 is 2.62 bits per heavy atom. The third-order valence-electron chi connectivity index (χ3n) is 2.67. The summed E-state index contributed by atoms with van der Waals surface area (Å²) in [5.41, 5.74) is 0.735. The lowest BCUT2D eigenvalue weighted by molar-refractivity contribution is 0.317. The summed E-state index contributed by atoms with van der Waals surface area (Å²) in [4.78, 5) is 7.95. The molecular formula is C15H19FN4O. The van der Waals surface area contributed by atoms with Gasteiger partial charge in [-0.05, 0) is 37.6 Å². The molecule has 0 aliphatic carbocycles. The highest BCUT2D eigenvalue weighted by molar-refractivity contribution is 5.58. The summed E-state index contributed by atoms with van der Waals surface area (Å²) in [7, 11) is 0. The summed E-state index contributed by atoms with van der Waals surface area (Å²) in [5, 5.41) is 5.88. The maximum absolute atomic E-state index is 13.7. The van der Waals surface area contributed by atoms with Crippen LogP contribution in [0.4, 0.5) is 21.8 Å². The number of rotatable bonds is 7. The first-order valence-electron chi connectivity index (χ1n) is 6.99. The molecule has 2 N–H and O–H groups in total. The number of ether oxygens (including phenoxy) is 1. The summed E-state index contributed by atoms with van der Waals surface area (Å²) in [5.74, 6) is 0.828. The molecule has 0 bridgehead atoms. The molecule has 0 radical (unpaired) electrons. The van der Waals surface area contributed by atoms with E-state index in [0.29, 0.717) is 19.1 Å². The Balaban J connectivity index is 2.08. The van der Waals surface area contributed by atoms with Crippen LogP contribution < -0.4 is 15.4 Å². The predicted octanol–water partition coefficient (Wildman–Crippen LogP) is 3.58. The van der Waals surface area contributed by atoms with Crippen molar-refractivity contribution >= 4 is 17.5 Å². The smallest absolute Gasteiger partial charge is 0.224 e. The van der Waals surface area contributed by atoms with E-state index in [0.717, 1.165) is 24.1 Å². The van der Waals surface area contributed by atoms with Crippen molar-refractivity contribution in [2.45, 2.75) is 20.3 Å². The van der Waals surface area contributed by atoms with Crippen LogP contribution in [0.3, 0.4) is 0 Å². The van der Waals surface area contributed by atoms with E-state index in [-0.39, 0.29) is 5.82 Å². The van der Waals surface area contributed by atoms with Crippen LogP contribution in [0.25, 0.3) is 0 Å². The fourth-order valence-electron chi connectivity index (χ4n) is 1.69. The molecule has 0 atom stereocenters. The Labute approximate surface area is 123 Å². The zero-order chi connectivity index (χ0) is 15.1. The highest BCUT2D eigenvalue weighted by Gasteiger charge is 2.07. The Morgan fingerprint density at radius 2 is 1.95 bits per heavy atom. The fourth-order valence-corrected chi connectivity index (χ4v) is 1.69. The van der Waals surface area contributed by atoms with Gasteiger partial charge in [0.2, 0.25) is 5.95 Å². The second-order valence-corrected chi connectivity index (χ2v) is 4.42. The standard InChI is InChI=1S/C15H19FN4O/c1-3-9-21-12-7-5-11(6-8-12)19-14-13(16)10-18-15(20-14)17-4-2/h5-8,10H,3-4,9H2,1-2H3,(H2,17,18,19,20). The second-order valence-electron chi connectivity index (χ2n) is 4.42. The molecule has 0 saturated carbocycles. The van der Waals surface area contributed by atoms with Crippen LogP contribution in [-0.4, -0.2) is 23.1 Å². The lowest BCUT2D eigenvalue weighted by Gasteiger charge is -2.09. The first kappa shape index (κ1) is 15.0. The van der Waals surface area contributed by atoms with Crippen LogP contribution in [0, 0.1) is 5.82 Å². The average molecular weight is 290 g/mol. The topological polar surface area (TPSA) is 59.1 Å². The van der Waals surface area contributed by atoms with Crippen molar-refractivity contribution in [2.24, 2.45) is 0 Å². The monoisotopic (exact) mass is 290 g/mol. The number of nitrogens with one attached hydrogen (secondary N) is 2. The van der Waals surface area contributed by atoms with Crippen LogP contribution in [0.1, 0.15) is 20.3 Å². The summed E-state index contributed by atoms with van der Waals surface area (Å²) in [6, 6.07) is 7.31. The van der Waals surface area contributed by atoms with E-state index in [1.54, 1.807) is 0 Å². The van der Waals surface area contributed by atoms with E-state index in [2.05, 4.69) is 27.5 Å². The summed E-state index contributed by atoms with van der Waals surface area (Å²) in [6.45, 7) is 5.33. The van der Waals surface area contributed by atoms with Crippen LogP contribution in [0.15, 0.2) is 30.5 Å². The normalized spacial score (nSPS) is 10.2. The average Bonchev–Trinajstić information content (AvgIpc) is 2.50. The molecule has 2 rings (SSSR count). The molecule has 5 nitrogen and oxygen atoms in total. The highest BCUT2D eigenvalue weighted by atomic mass is 19.1. The summed E-state index contributed by atoms with van der Waals surface area (Å²) < 4.78 is 19.2. The van der Waals surface area contributed by atoms with Gasteiger partial charge in [0.05, 0.1) is 12.8 Å². The third-order valence-corrected chi connectivity index (χ3v) is 2.67. The molecule has 2 aromatic rings. The first-order valence-corrected chi connectivity index (χ1v) is 6.99. The lowest BCUT2D eigenvalue weighted by Crippen LogP contribution is -2.05. The molecule has 0 unspecified atom stereocenters. The van der Waals surface area contributed by atoms with Gasteiger partial charge < -0.3 is 15.4 Å². The van der Waals surface area contributed by atoms with Gasteiger partial charge in [0, 0.05) is 12.2 Å². The maximum atomic E-state index is 13.7. The predicted molar refractivity (Wildman–Crippen MR) is 81.7 cm³/mol. The molecule has 1 aromatic carbocycles. The first-order chi connectivity index (χ1) is 10.2.